The largest absolute Gasteiger partial charge is 0.392 e. The highest BCUT2D eigenvalue weighted by Gasteiger charge is 2.17. The molecule has 4 heteroatoms. The topological polar surface area (TPSA) is 36.4 Å². The molecule has 0 amide bonds. The van der Waals surface area contributed by atoms with Crippen LogP contribution < -0.4 is 0 Å². The van der Waals surface area contributed by atoms with Crippen LogP contribution in [0.25, 0.3) is 0 Å². The first kappa shape index (κ1) is 11.0. The van der Waals surface area contributed by atoms with Gasteiger partial charge in [-0.15, -0.1) is 11.3 Å². The Balaban J connectivity index is 1.80. The fourth-order valence-electron chi connectivity index (χ4n) is 2.06. The number of aliphatic hydroxyl groups is 1. The van der Waals surface area contributed by atoms with Crippen molar-refractivity contribution >= 4 is 11.3 Å². The van der Waals surface area contributed by atoms with Crippen LogP contribution in [0.1, 0.15) is 23.4 Å². The van der Waals surface area contributed by atoms with E-state index < -0.39 is 0 Å². The Morgan fingerprint density at radius 3 is 3.20 bits per heavy atom. The summed E-state index contributed by atoms with van der Waals surface area (Å²) >= 11 is 1.74. The van der Waals surface area contributed by atoms with Crippen molar-refractivity contribution in [1.82, 2.24) is 9.88 Å². The number of piperidine rings is 1. The molecular formula is C11H18N2OS. The maximum atomic E-state index is 9.54. The summed E-state index contributed by atoms with van der Waals surface area (Å²) in [6, 6.07) is 0. The lowest BCUT2D eigenvalue weighted by molar-refractivity contribution is 0.0715. The summed E-state index contributed by atoms with van der Waals surface area (Å²) in [6.07, 6.45) is 3.06. The molecule has 2 heterocycles. The van der Waals surface area contributed by atoms with Crippen LogP contribution in [0.15, 0.2) is 5.51 Å². The molecule has 15 heavy (non-hydrogen) atoms. The average molecular weight is 226 g/mol. The van der Waals surface area contributed by atoms with Gasteiger partial charge in [0.25, 0.3) is 0 Å². The van der Waals surface area contributed by atoms with Gasteiger partial charge in [-0.1, -0.05) is 0 Å². The Morgan fingerprint density at radius 2 is 2.53 bits per heavy atom. The molecule has 0 aliphatic carbocycles. The fraction of sp³-hybridized carbons (Fsp3) is 0.727. The minimum absolute atomic E-state index is 0.110. The van der Waals surface area contributed by atoms with E-state index in [1.165, 1.54) is 4.88 Å². The van der Waals surface area contributed by atoms with Gasteiger partial charge in [-0.05, 0) is 32.7 Å². The van der Waals surface area contributed by atoms with E-state index in [2.05, 4.69) is 16.8 Å². The van der Waals surface area contributed by atoms with Gasteiger partial charge < -0.3 is 10.0 Å². The molecule has 0 saturated carbocycles. The van der Waals surface area contributed by atoms with Crippen LogP contribution in [0.2, 0.25) is 0 Å². The standard InChI is InChI=1S/C11H18N2OS/c1-9-11(15-8-12-9)4-6-13-5-2-3-10(14)7-13/h8,10,14H,2-7H2,1H3. The molecule has 1 aliphatic heterocycles. The number of aliphatic hydroxyl groups excluding tert-OH is 1. The van der Waals surface area contributed by atoms with Crippen LogP contribution >= 0.6 is 11.3 Å². The number of nitrogens with zero attached hydrogens (tertiary/aromatic N) is 2. The number of hydrogen-bond acceptors (Lipinski definition) is 4. The summed E-state index contributed by atoms with van der Waals surface area (Å²) in [5, 5.41) is 9.54. The molecule has 1 aromatic rings. The van der Waals surface area contributed by atoms with Gasteiger partial charge in [0.05, 0.1) is 17.3 Å². The van der Waals surface area contributed by atoms with Crippen molar-refractivity contribution in [2.45, 2.75) is 32.3 Å². The molecule has 0 spiro atoms. The van der Waals surface area contributed by atoms with Gasteiger partial charge >= 0.3 is 0 Å². The number of aromatic nitrogens is 1. The molecule has 3 nitrogen and oxygen atoms in total. The van der Waals surface area contributed by atoms with E-state index in [0.717, 1.165) is 44.6 Å². The Labute approximate surface area is 94.8 Å². The van der Waals surface area contributed by atoms with E-state index in [1.807, 2.05) is 5.51 Å². The summed E-state index contributed by atoms with van der Waals surface area (Å²) in [5.41, 5.74) is 3.08. The van der Waals surface area contributed by atoms with E-state index in [9.17, 15) is 5.11 Å². The van der Waals surface area contributed by atoms with Crippen molar-refractivity contribution in [3.05, 3.63) is 16.1 Å². The van der Waals surface area contributed by atoms with Crippen molar-refractivity contribution in [3.63, 3.8) is 0 Å². The van der Waals surface area contributed by atoms with Crippen LogP contribution in [0.3, 0.4) is 0 Å². The predicted octanol–water partition coefficient (Wildman–Crippen LogP) is 1.45. The zero-order chi connectivity index (χ0) is 10.7. The van der Waals surface area contributed by atoms with Gasteiger partial charge in [0.15, 0.2) is 0 Å². The maximum Gasteiger partial charge on any atom is 0.0797 e. The van der Waals surface area contributed by atoms with Gasteiger partial charge in [-0.25, -0.2) is 4.98 Å². The minimum atomic E-state index is -0.110. The second kappa shape index (κ2) is 5.05. The first-order valence-electron chi connectivity index (χ1n) is 5.55. The molecular weight excluding hydrogens is 208 g/mol. The molecule has 0 aromatic carbocycles. The Kier molecular flexibility index (Phi) is 3.72. The summed E-state index contributed by atoms with van der Waals surface area (Å²) in [4.78, 5) is 7.98. The van der Waals surface area contributed by atoms with Crippen LogP contribution in [0, 0.1) is 6.92 Å². The normalized spacial score (nSPS) is 23.2. The maximum absolute atomic E-state index is 9.54. The molecule has 1 unspecified atom stereocenters. The van der Waals surface area contributed by atoms with Crippen LogP contribution in [0.4, 0.5) is 0 Å². The highest BCUT2D eigenvalue weighted by molar-refractivity contribution is 7.09. The summed E-state index contributed by atoms with van der Waals surface area (Å²) in [6.45, 7) is 5.10. The lowest BCUT2D eigenvalue weighted by Crippen LogP contribution is -2.39. The molecule has 84 valence electrons. The first-order chi connectivity index (χ1) is 7.25. The van der Waals surface area contributed by atoms with Crippen molar-refractivity contribution in [2.24, 2.45) is 0 Å². The average Bonchev–Trinajstić information content (AvgIpc) is 2.61. The lowest BCUT2D eigenvalue weighted by atomic mass is 10.1. The van der Waals surface area contributed by atoms with E-state index in [4.69, 9.17) is 0 Å². The monoisotopic (exact) mass is 226 g/mol. The zero-order valence-corrected chi connectivity index (χ0v) is 9.96. The van der Waals surface area contributed by atoms with Crippen molar-refractivity contribution in [3.8, 4) is 0 Å². The molecule has 0 radical (unpaired) electrons. The van der Waals surface area contributed by atoms with E-state index in [1.54, 1.807) is 11.3 Å². The Morgan fingerprint density at radius 1 is 1.67 bits per heavy atom. The number of β-amino-alcohol motifs (C(OH)–C–C–N with tert-alkyl or cyclic N) is 1. The first-order valence-corrected chi connectivity index (χ1v) is 6.43. The van der Waals surface area contributed by atoms with Gasteiger partial charge in [-0.3, -0.25) is 0 Å². The smallest absolute Gasteiger partial charge is 0.0797 e. The van der Waals surface area contributed by atoms with Crippen LogP contribution in [0.5, 0.6) is 0 Å². The number of likely N-dealkylation sites (tertiary alicyclic amines) is 1. The number of hydrogen-bond donors (Lipinski definition) is 1. The van der Waals surface area contributed by atoms with Crippen molar-refractivity contribution in [2.75, 3.05) is 19.6 Å². The predicted molar refractivity (Wildman–Crippen MR) is 62.2 cm³/mol. The second-order valence-electron chi connectivity index (χ2n) is 4.21. The lowest BCUT2D eigenvalue weighted by Gasteiger charge is -2.29. The molecule has 0 bridgehead atoms. The summed E-state index contributed by atoms with van der Waals surface area (Å²) < 4.78 is 0. The van der Waals surface area contributed by atoms with E-state index >= 15 is 0 Å². The number of rotatable bonds is 3. The molecule has 1 N–H and O–H groups in total. The molecule has 1 saturated heterocycles. The highest BCUT2D eigenvalue weighted by Crippen LogP contribution is 2.15. The third-order valence-corrected chi connectivity index (χ3v) is 3.98. The number of aryl methyl sites for hydroxylation is 1. The quantitative estimate of drug-likeness (QED) is 0.847. The third kappa shape index (κ3) is 3.00. The highest BCUT2D eigenvalue weighted by atomic mass is 32.1. The van der Waals surface area contributed by atoms with Crippen LogP contribution in [-0.2, 0) is 6.42 Å². The zero-order valence-electron chi connectivity index (χ0n) is 9.15. The molecule has 2 rings (SSSR count). The van der Waals surface area contributed by atoms with E-state index in [-0.39, 0.29) is 6.10 Å². The molecule has 1 atom stereocenters. The van der Waals surface area contributed by atoms with Crippen LogP contribution in [-0.4, -0.2) is 40.7 Å². The van der Waals surface area contributed by atoms with Crippen molar-refractivity contribution in [1.29, 1.82) is 0 Å². The van der Waals surface area contributed by atoms with E-state index in [0.29, 0.717) is 0 Å². The van der Waals surface area contributed by atoms with Gasteiger partial charge in [-0.2, -0.15) is 0 Å². The molecule has 1 aromatic heterocycles. The van der Waals surface area contributed by atoms with Gasteiger partial charge in [0.1, 0.15) is 0 Å². The summed E-state index contributed by atoms with van der Waals surface area (Å²) in [7, 11) is 0. The SMILES string of the molecule is Cc1ncsc1CCN1CCCC(O)C1. The van der Waals surface area contributed by atoms with Crippen molar-refractivity contribution < 1.29 is 5.11 Å². The fourth-order valence-corrected chi connectivity index (χ4v) is 2.83. The molecule has 1 aliphatic rings. The second-order valence-corrected chi connectivity index (χ2v) is 5.15. The minimum Gasteiger partial charge on any atom is -0.392 e. The summed E-state index contributed by atoms with van der Waals surface area (Å²) in [5.74, 6) is 0. The Hall–Kier alpha value is -0.450. The molecule has 1 fully saturated rings. The Bertz CT molecular complexity index is 313. The van der Waals surface area contributed by atoms with Gasteiger partial charge in [0, 0.05) is 18.0 Å². The third-order valence-electron chi connectivity index (χ3n) is 2.98. The van der Waals surface area contributed by atoms with Gasteiger partial charge in [0.2, 0.25) is 0 Å². The number of thiazole rings is 1.